The van der Waals surface area contributed by atoms with Crippen LogP contribution in [-0.4, -0.2) is 8.07 Å². The van der Waals surface area contributed by atoms with Gasteiger partial charge in [-0.05, 0) is 17.5 Å². The number of hydrogen-bond acceptors (Lipinski definition) is 0. The molecule has 76 valence electrons. The van der Waals surface area contributed by atoms with Gasteiger partial charge >= 0.3 is 0 Å². The Balaban J connectivity index is 4.69. The van der Waals surface area contributed by atoms with Gasteiger partial charge in [-0.3, -0.25) is 0 Å². The van der Waals surface area contributed by atoms with Crippen LogP contribution in [0.2, 0.25) is 23.7 Å². The third-order valence-electron chi connectivity index (χ3n) is 3.66. The van der Waals surface area contributed by atoms with Crippen molar-refractivity contribution < 1.29 is 0 Å². The molecule has 1 atom stereocenters. The predicted molar refractivity (Wildman–Crippen MR) is 66.0 cm³/mol. The molecule has 0 N–H and O–H groups in total. The summed E-state index contributed by atoms with van der Waals surface area (Å²) in [5.41, 5.74) is 0. The molecule has 0 aliphatic heterocycles. The molecule has 0 aromatic heterocycles. The van der Waals surface area contributed by atoms with Crippen molar-refractivity contribution in [1.29, 1.82) is 0 Å². The topological polar surface area (TPSA) is 0 Å². The maximum Gasteiger partial charge on any atom is 0.0599 e. The molecule has 0 fully saturated rings. The Morgan fingerprint density at radius 2 is 1.77 bits per heavy atom. The molecular formula is C12H24Si. The minimum Gasteiger partial charge on any atom is -0.103 e. The van der Waals surface area contributed by atoms with Crippen LogP contribution in [0.15, 0.2) is 25.3 Å². The van der Waals surface area contributed by atoms with E-state index in [4.69, 9.17) is 0 Å². The molecule has 0 saturated heterocycles. The molecule has 0 aliphatic carbocycles. The predicted octanol–water partition coefficient (Wildman–Crippen LogP) is 4.63. The molecule has 13 heavy (non-hydrogen) atoms. The van der Waals surface area contributed by atoms with Gasteiger partial charge in [0.15, 0.2) is 0 Å². The summed E-state index contributed by atoms with van der Waals surface area (Å²) >= 11 is 0. The van der Waals surface area contributed by atoms with Gasteiger partial charge in [-0.1, -0.05) is 45.5 Å². The normalized spacial score (nSPS) is 16.3. The van der Waals surface area contributed by atoms with Crippen molar-refractivity contribution in [3.05, 3.63) is 25.3 Å². The van der Waals surface area contributed by atoms with Crippen LogP contribution in [-0.2, 0) is 0 Å². The lowest BCUT2D eigenvalue weighted by atomic mass is 10.1. The second-order valence-electron chi connectivity index (χ2n) is 4.78. The molecule has 0 rings (SSSR count). The molecule has 0 saturated carbocycles. The number of hydrogen-bond donors (Lipinski definition) is 0. The zero-order chi connectivity index (χ0) is 10.5. The Labute approximate surface area is 84.8 Å². The van der Waals surface area contributed by atoms with Crippen LogP contribution < -0.4 is 0 Å². The van der Waals surface area contributed by atoms with E-state index in [0.717, 1.165) is 6.42 Å². The Bertz CT molecular complexity index is 182. The second-order valence-corrected chi connectivity index (χ2v) is 10.4. The molecule has 0 bridgehead atoms. The first kappa shape index (κ1) is 12.7. The summed E-state index contributed by atoms with van der Waals surface area (Å²) in [5.74, 6) is 0. The van der Waals surface area contributed by atoms with Crippen molar-refractivity contribution in [1.82, 2.24) is 0 Å². The smallest absolute Gasteiger partial charge is 0.0599 e. The van der Waals surface area contributed by atoms with Crippen LogP contribution in [0.1, 0.15) is 27.2 Å². The van der Waals surface area contributed by atoms with Crippen LogP contribution in [0.4, 0.5) is 0 Å². The summed E-state index contributed by atoms with van der Waals surface area (Å²) in [4.78, 5) is 0. The van der Waals surface area contributed by atoms with E-state index >= 15 is 0 Å². The van der Waals surface area contributed by atoms with E-state index in [2.05, 4.69) is 52.6 Å². The van der Waals surface area contributed by atoms with Gasteiger partial charge in [0, 0.05) is 0 Å². The van der Waals surface area contributed by atoms with Crippen molar-refractivity contribution >= 4 is 8.07 Å². The van der Waals surface area contributed by atoms with Gasteiger partial charge in [-0.25, -0.2) is 0 Å². The molecule has 0 aliphatic rings. The van der Waals surface area contributed by atoms with Gasteiger partial charge in [0.2, 0.25) is 0 Å². The van der Waals surface area contributed by atoms with Crippen LogP contribution in [0.25, 0.3) is 0 Å². The highest BCUT2D eigenvalue weighted by Crippen LogP contribution is 2.45. The molecule has 0 aromatic carbocycles. The van der Waals surface area contributed by atoms with Gasteiger partial charge in [0.05, 0.1) is 8.07 Å². The van der Waals surface area contributed by atoms with Crippen molar-refractivity contribution in [3.8, 4) is 0 Å². The van der Waals surface area contributed by atoms with Gasteiger partial charge in [0.25, 0.3) is 0 Å². The first-order valence-electron chi connectivity index (χ1n) is 5.15. The molecule has 0 heterocycles. The van der Waals surface area contributed by atoms with E-state index in [9.17, 15) is 0 Å². The van der Waals surface area contributed by atoms with E-state index < -0.39 is 8.07 Å². The van der Waals surface area contributed by atoms with E-state index in [1.807, 2.05) is 0 Å². The highest BCUT2D eigenvalue weighted by molar-refractivity contribution is 6.81. The molecule has 0 nitrogen and oxygen atoms in total. The third-order valence-corrected chi connectivity index (χ3v) is 9.89. The largest absolute Gasteiger partial charge is 0.103 e. The lowest BCUT2D eigenvalue weighted by molar-refractivity contribution is 0.647. The fourth-order valence-corrected chi connectivity index (χ4v) is 4.90. The number of allylic oxidation sites excluding steroid dienone is 2. The average Bonchev–Trinajstić information content (AvgIpc) is 2.04. The van der Waals surface area contributed by atoms with Crippen LogP contribution in [0, 0.1) is 0 Å². The monoisotopic (exact) mass is 196 g/mol. The molecule has 0 radical (unpaired) electrons. The van der Waals surface area contributed by atoms with Crippen molar-refractivity contribution in [2.45, 2.75) is 50.9 Å². The van der Waals surface area contributed by atoms with E-state index in [1.54, 1.807) is 0 Å². The highest BCUT2D eigenvalue weighted by atomic mass is 28.3. The fraction of sp³-hybridized carbons (Fsp3) is 0.667. The average molecular weight is 196 g/mol. The standard InChI is InChI=1S/C12H24Si/c1-7-10-12(4,5)13(6,9-3)11-8-2/h7-8H,1-2,9-11H2,3-6H3. The Kier molecular flexibility index (Phi) is 4.69. The zero-order valence-corrected chi connectivity index (χ0v) is 10.7. The highest BCUT2D eigenvalue weighted by Gasteiger charge is 2.39. The van der Waals surface area contributed by atoms with Gasteiger partial charge in [0.1, 0.15) is 0 Å². The molecule has 0 amide bonds. The van der Waals surface area contributed by atoms with E-state index in [-0.39, 0.29) is 0 Å². The molecule has 0 spiro atoms. The zero-order valence-electron chi connectivity index (χ0n) is 9.69. The Morgan fingerprint density at radius 3 is 2.08 bits per heavy atom. The second kappa shape index (κ2) is 4.80. The SMILES string of the molecule is C=CCC(C)(C)[Si](C)(CC)CC=C. The summed E-state index contributed by atoms with van der Waals surface area (Å²) in [6, 6.07) is 2.56. The third kappa shape index (κ3) is 2.83. The quantitative estimate of drug-likeness (QED) is 0.429. The fourth-order valence-electron chi connectivity index (χ4n) is 1.82. The minimum atomic E-state index is -1.16. The number of rotatable bonds is 6. The van der Waals surface area contributed by atoms with Gasteiger partial charge in [-0.2, -0.15) is 0 Å². The Morgan fingerprint density at radius 1 is 1.23 bits per heavy atom. The lowest BCUT2D eigenvalue weighted by Crippen LogP contribution is -2.40. The molecular weight excluding hydrogens is 172 g/mol. The molecule has 0 aromatic rings. The van der Waals surface area contributed by atoms with Gasteiger partial charge < -0.3 is 0 Å². The summed E-state index contributed by atoms with van der Waals surface area (Å²) < 4.78 is 0. The maximum atomic E-state index is 3.88. The van der Waals surface area contributed by atoms with Crippen LogP contribution in [0.5, 0.6) is 0 Å². The van der Waals surface area contributed by atoms with Crippen molar-refractivity contribution in [3.63, 3.8) is 0 Å². The molecule has 1 heteroatoms. The summed E-state index contributed by atoms with van der Waals surface area (Å²) in [6.07, 6.45) is 5.29. The maximum absolute atomic E-state index is 3.88. The first-order chi connectivity index (χ1) is 5.93. The molecule has 1 unspecified atom stereocenters. The summed E-state index contributed by atoms with van der Waals surface area (Å²) in [5, 5.41) is 0.456. The summed E-state index contributed by atoms with van der Waals surface area (Å²) in [7, 11) is -1.16. The minimum absolute atomic E-state index is 0.456. The van der Waals surface area contributed by atoms with E-state index in [1.165, 1.54) is 12.1 Å². The van der Waals surface area contributed by atoms with E-state index in [0.29, 0.717) is 5.04 Å². The van der Waals surface area contributed by atoms with Gasteiger partial charge in [-0.15, -0.1) is 13.2 Å². The van der Waals surface area contributed by atoms with Crippen LogP contribution >= 0.6 is 0 Å². The first-order valence-corrected chi connectivity index (χ1v) is 8.06. The van der Waals surface area contributed by atoms with Crippen LogP contribution in [0.3, 0.4) is 0 Å². The van der Waals surface area contributed by atoms with Crippen molar-refractivity contribution in [2.75, 3.05) is 0 Å². The Hall–Kier alpha value is -0.303. The van der Waals surface area contributed by atoms with Crippen molar-refractivity contribution in [2.24, 2.45) is 0 Å². The lowest BCUT2D eigenvalue weighted by Gasteiger charge is -2.41. The summed E-state index contributed by atoms with van der Waals surface area (Å²) in [6.45, 7) is 17.3.